The van der Waals surface area contributed by atoms with E-state index in [9.17, 15) is 9.59 Å². The number of unbranched alkanes of at least 4 members (excludes halogenated alkanes) is 1. The molecule has 7 nitrogen and oxygen atoms in total. The van der Waals surface area contributed by atoms with E-state index in [4.69, 9.17) is 4.74 Å². The minimum absolute atomic E-state index is 0.0824. The molecule has 7 heteroatoms. The predicted molar refractivity (Wildman–Crippen MR) is 80.1 cm³/mol. The SMILES string of the molecule is O=C(CNC(=O)OCc1ccccc1)NCCCCC1N=N1. The lowest BCUT2D eigenvalue weighted by Crippen LogP contribution is -2.37. The van der Waals surface area contributed by atoms with Crippen molar-refractivity contribution in [3.05, 3.63) is 35.9 Å². The molecule has 0 radical (unpaired) electrons. The average molecular weight is 304 g/mol. The zero-order valence-electron chi connectivity index (χ0n) is 12.3. The Kier molecular flexibility index (Phi) is 6.35. The molecule has 0 bridgehead atoms. The van der Waals surface area contributed by atoms with E-state index in [0.29, 0.717) is 6.54 Å². The highest BCUT2D eigenvalue weighted by atomic mass is 16.5. The van der Waals surface area contributed by atoms with Gasteiger partial charge in [0, 0.05) is 6.54 Å². The molecule has 22 heavy (non-hydrogen) atoms. The van der Waals surface area contributed by atoms with Crippen molar-refractivity contribution in [2.24, 2.45) is 10.2 Å². The van der Waals surface area contributed by atoms with Crippen LogP contribution in [0.15, 0.2) is 40.6 Å². The third-order valence-corrected chi connectivity index (χ3v) is 3.10. The Morgan fingerprint density at radius 3 is 2.59 bits per heavy atom. The van der Waals surface area contributed by atoms with Crippen LogP contribution in [0.4, 0.5) is 4.79 Å². The van der Waals surface area contributed by atoms with E-state index in [1.807, 2.05) is 30.3 Å². The number of benzene rings is 1. The fourth-order valence-electron chi connectivity index (χ4n) is 1.83. The third-order valence-electron chi connectivity index (χ3n) is 3.10. The van der Waals surface area contributed by atoms with Gasteiger partial charge in [-0.05, 0) is 24.8 Å². The summed E-state index contributed by atoms with van der Waals surface area (Å²) in [5.41, 5.74) is 0.899. The number of nitrogens with zero attached hydrogens (tertiary/aromatic N) is 2. The molecule has 2 amide bonds. The van der Waals surface area contributed by atoms with Crippen LogP contribution in [0.2, 0.25) is 0 Å². The van der Waals surface area contributed by atoms with Crippen molar-refractivity contribution in [1.29, 1.82) is 0 Å². The molecule has 0 saturated carbocycles. The second-order valence-electron chi connectivity index (χ2n) is 4.97. The number of amides is 2. The van der Waals surface area contributed by atoms with Crippen molar-refractivity contribution >= 4 is 12.0 Å². The first-order valence-electron chi connectivity index (χ1n) is 7.35. The monoisotopic (exact) mass is 304 g/mol. The molecule has 1 aromatic rings. The molecule has 0 aliphatic carbocycles. The Morgan fingerprint density at radius 2 is 1.86 bits per heavy atom. The van der Waals surface area contributed by atoms with Gasteiger partial charge < -0.3 is 15.4 Å². The van der Waals surface area contributed by atoms with Crippen molar-refractivity contribution in [1.82, 2.24) is 10.6 Å². The smallest absolute Gasteiger partial charge is 0.407 e. The van der Waals surface area contributed by atoms with Crippen LogP contribution in [0, 0.1) is 0 Å². The largest absolute Gasteiger partial charge is 0.445 e. The number of nitrogens with one attached hydrogen (secondary N) is 2. The lowest BCUT2D eigenvalue weighted by atomic mass is 10.2. The van der Waals surface area contributed by atoms with Gasteiger partial charge in [0.2, 0.25) is 5.91 Å². The van der Waals surface area contributed by atoms with Gasteiger partial charge in [0.15, 0.2) is 6.17 Å². The van der Waals surface area contributed by atoms with Crippen molar-refractivity contribution in [3.8, 4) is 0 Å². The lowest BCUT2D eigenvalue weighted by molar-refractivity contribution is -0.120. The van der Waals surface area contributed by atoms with E-state index in [-0.39, 0.29) is 25.2 Å². The summed E-state index contributed by atoms with van der Waals surface area (Å²) >= 11 is 0. The maximum absolute atomic E-state index is 11.5. The summed E-state index contributed by atoms with van der Waals surface area (Å²) in [5, 5.41) is 12.8. The van der Waals surface area contributed by atoms with Crippen LogP contribution >= 0.6 is 0 Å². The summed E-state index contributed by atoms with van der Waals surface area (Å²) in [6.07, 6.45) is 2.39. The summed E-state index contributed by atoms with van der Waals surface area (Å²) in [7, 11) is 0. The van der Waals surface area contributed by atoms with E-state index in [1.54, 1.807) is 0 Å². The molecule has 0 spiro atoms. The van der Waals surface area contributed by atoms with Gasteiger partial charge in [0.05, 0.1) is 6.54 Å². The molecule has 2 N–H and O–H groups in total. The molecule has 0 unspecified atom stereocenters. The summed E-state index contributed by atoms with van der Waals surface area (Å²) in [5.74, 6) is -0.225. The molecular weight excluding hydrogens is 284 g/mol. The van der Waals surface area contributed by atoms with E-state index in [2.05, 4.69) is 20.9 Å². The first kappa shape index (κ1) is 15.9. The maximum atomic E-state index is 11.5. The van der Waals surface area contributed by atoms with Crippen LogP contribution < -0.4 is 10.6 Å². The Hall–Kier alpha value is -2.44. The highest BCUT2D eigenvalue weighted by Crippen LogP contribution is 2.16. The minimum atomic E-state index is -0.601. The second kappa shape index (κ2) is 8.76. The van der Waals surface area contributed by atoms with E-state index < -0.39 is 6.09 Å². The molecule has 1 aliphatic rings. The Balaban J connectivity index is 1.47. The number of rotatable bonds is 9. The predicted octanol–water partition coefficient (Wildman–Crippen LogP) is 1.99. The van der Waals surface area contributed by atoms with Crippen molar-refractivity contribution in [3.63, 3.8) is 0 Å². The molecule has 2 rings (SSSR count). The van der Waals surface area contributed by atoms with Gasteiger partial charge in [0.1, 0.15) is 6.61 Å². The van der Waals surface area contributed by atoms with Gasteiger partial charge in [0.25, 0.3) is 0 Å². The fraction of sp³-hybridized carbons (Fsp3) is 0.467. The Bertz CT molecular complexity index is 513. The van der Waals surface area contributed by atoms with Crippen LogP contribution in [0.25, 0.3) is 0 Å². The number of hydrogen-bond acceptors (Lipinski definition) is 5. The number of ether oxygens (including phenoxy) is 1. The topological polar surface area (TPSA) is 92.2 Å². The van der Waals surface area contributed by atoms with Gasteiger partial charge in [-0.15, -0.1) is 0 Å². The van der Waals surface area contributed by atoms with E-state index in [0.717, 1.165) is 24.8 Å². The molecule has 0 fully saturated rings. The standard InChI is InChI=1S/C15H20N4O3/c20-14(16-9-5-4-8-13-18-19-13)10-17-15(21)22-11-12-6-2-1-3-7-12/h1-3,6-7,13H,4-5,8-11H2,(H,16,20)(H,17,21). The van der Waals surface area contributed by atoms with Gasteiger partial charge in [-0.2, -0.15) is 10.2 Å². The first-order chi connectivity index (χ1) is 10.7. The molecule has 0 saturated heterocycles. The van der Waals surface area contributed by atoms with E-state index >= 15 is 0 Å². The van der Waals surface area contributed by atoms with Crippen LogP contribution in [0.1, 0.15) is 24.8 Å². The van der Waals surface area contributed by atoms with Crippen molar-refractivity contribution in [2.45, 2.75) is 32.0 Å². The molecule has 0 aromatic heterocycles. The highest BCUT2D eigenvalue weighted by molar-refractivity contribution is 5.82. The summed E-state index contributed by atoms with van der Waals surface area (Å²) < 4.78 is 5.00. The van der Waals surface area contributed by atoms with Gasteiger partial charge >= 0.3 is 6.09 Å². The number of carbonyl (C=O) groups excluding carboxylic acids is 2. The minimum Gasteiger partial charge on any atom is -0.445 e. The Morgan fingerprint density at radius 1 is 1.09 bits per heavy atom. The zero-order valence-corrected chi connectivity index (χ0v) is 12.3. The van der Waals surface area contributed by atoms with Crippen molar-refractivity contribution in [2.75, 3.05) is 13.1 Å². The maximum Gasteiger partial charge on any atom is 0.407 e. The number of carbonyl (C=O) groups is 2. The molecule has 118 valence electrons. The normalized spacial score (nSPS) is 12.7. The summed E-state index contributed by atoms with van der Waals surface area (Å²) in [6.45, 7) is 0.693. The molecule has 1 aromatic carbocycles. The third kappa shape index (κ3) is 6.83. The molecular formula is C15H20N4O3. The van der Waals surface area contributed by atoms with Crippen LogP contribution in [0.3, 0.4) is 0 Å². The van der Waals surface area contributed by atoms with Gasteiger partial charge in [-0.25, -0.2) is 4.79 Å². The van der Waals surface area contributed by atoms with Gasteiger partial charge in [-0.1, -0.05) is 30.3 Å². The van der Waals surface area contributed by atoms with Crippen LogP contribution in [0.5, 0.6) is 0 Å². The fourth-order valence-corrected chi connectivity index (χ4v) is 1.83. The molecule has 1 heterocycles. The molecule has 1 aliphatic heterocycles. The van der Waals surface area contributed by atoms with Crippen LogP contribution in [-0.2, 0) is 16.1 Å². The summed E-state index contributed by atoms with van der Waals surface area (Å²) in [4.78, 5) is 23.0. The van der Waals surface area contributed by atoms with Crippen LogP contribution in [-0.4, -0.2) is 31.3 Å². The lowest BCUT2D eigenvalue weighted by Gasteiger charge is -2.08. The van der Waals surface area contributed by atoms with E-state index in [1.165, 1.54) is 0 Å². The van der Waals surface area contributed by atoms with Gasteiger partial charge in [-0.3, -0.25) is 4.79 Å². The number of hydrogen-bond donors (Lipinski definition) is 2. The number of alkyl carbamates (subject to hydrolysis) is 1. The second-order valence-corrected chi connectivity index (χ2v) is 4.97. The first-order valence-corrected chi connectivity index (χ1v) is 7.35. The average Bonchev–Trinajstić information content (AvgIpc) is 3.36. The van der Waals surface area contributed by atoms with Crippen molar-refractivity contribution < 1.29 is 14.3 Å². The Labute approximate surface area is 129 Å². The zero-order chi connectivity index (χ0) is 15.6. The summed E-state index contributed by atoms with van der Waals surface area (Å²) in [6, 6.07) is 9.36. The molecule has 0 atom stereocenters. The quantitative estimate of drug-likeness (QED) is 0.683. The highest BCUT2D eigenvalue weighted by Gasteiger charge is 2.13.